The van der Waals surface area contributed by atoms with Gasteiger partial charge in [0.15, 0.2) is 0 Å². The topological polar surface area (TPSA) is 83.6 Å². The van der Waals surface area contributed by atoms with Crippen molar-refractivity contribution >= 4 is 6.29 Å². The Morgan fingerprint density at radius 1 is 1.56 bits per heavy atom. The van der Waals surface area contributed by atoms with E-state index in [4.69, 9.17) is 15.9 Å². The van der Waals surface area contributed by atoms with E-state index in [2.05, 4.69) is 0 Å². The number of carbonyl (C=O) groups excluding carboxylic acids is 1. The highest BCUT2D eigenvalue weighted by Gasteiger charge is 2.07. The van der Waals surface area contributed by atoms with Crippen molar-refractivity contribution < 1.29 is 15.0 Å². The van der Waals surface area contributed by atoms with Crippen molar-refractivity contribution in [2.24, 2.45) is 5.73 Å². The summed E-state index contributed by atoms with van der Waals surface area (Å²) in [5.41, 5.74) is 5.00. The van der Waals surface area contributed by atoms with E-state index in [1.165, 1.54) is 0 Å². The van der Waals surface area contributed by atoms with Gasteiger partial charge < -0.3 is 20.7 Å². The third kappa shape index (κ3) is 4.08. The van der Waals surface area contributed by atoms with E-state index in [9.17, 15) is 4.79 Å². The van der Waals surface area contributed by atoms with Crippen LogP contribution in [0.4, 0.5) is 0 Å². The van der Waals surface area contributed by atoms with Crippen molar-refractivity contribution in [2.75, 3.05) is 6.54 Å². The van der Waals surface area contributed by atoms with Gasteiger partial charge in [-0.15, -0.1) is 0 Å². The highest BCUT2D eigenvalue weighted by atomic mass is 16.3. The van der Waals surface area contributed by atoms with Crippen molar-refractivity contribution in [3.05, 3.63) is 0 Å². The van der Waals surface area contributed by atoms with Gasteiger partial charge in [0.1, 0.15) is 12.4 Å². The minimum atomic E-state index is -1.08. The Kier molecular flexibility index (Phi) is 4.21. The first-order chi connectivity index (χ1) is 4.20. The molecule has 9 heavy (non-hydrogen) atoms. The lowest BCUT2D eigenvalue weighted by molar-refractivity contribution is -0.116. The Balaban J connectivity index is 3.33. The van der Waals surface area contributed by atoms with Crippen LogP contribution in [0.3, 0.4) is 0 Å². The number of nitrogens with two attached hydrogens (primary N) is 1. The molecule has 4 heteroatoms. The summed E-state index contributed by atoms with van der Waals surface area (Å²) in [7, 11) is 0. The zero-order chi connectivity index (χ0) is 7.28. The Morgan fingerprint density at radius 2 is 2.11 bits per heavy atom. The van der Waals surface area contributed by atoms with Crippen LogP contribution in [0.2, 0.25) is 0 Å². The van der Waals surface area contributed by atoms with Gasteiger partial charge in [-0.1, -0.05) is 0 Å². The van der Waals surface area contributed by atoms with Crippen molar-refractivity contribution in [3.8, 4) is 0 Å². The fourth-order valence-electron chi connectivity index (χ4n) is 0.431. The monoisotopic (exact) mass is 133 g/mol. The summed E-state index contributed by atoms with van der Waals surface area (Å²) in [4.78, 5) is 9.75. The predicted octanol–water partition coefficient (Wildman–Crippen LogP) is -1.74. The van der Waals surface area contributed by atoms with Crippen LogP contribution in [0.5, 0.6) is 0 Å². The molecule has 0 aromatic carbocycles. The SMILES string of the molecule is NC[C@@H](O)C[C@@H](O)C=O. The third-order valence-electron chi connectivity index (χ3n) is 0.943. The number of carbonyl (C=O) groups is 1. The number of hydrogen-bond acceptors (Lipinski definition) is 4. The molecule has 54 valence electrons. The molecule has 2 atom stereocenters. The van der Waals surface area contributed by atoms with Crippen LogP contribution in [0.1, 0.15) is 6.42 Å². The summed E-state index contributed by atoms with van der Waals surface area (Å²) >= 11 is 0. The van der Waals surface area contributed by atoms with E-state index >= 15 is 0 Å². The first-order valence-corrected chi connectivity index (χ1v) is 2.72. The molecule has 0 aromatic heterocycles. The molecule has 0 rings (SSSR count). The third-order valence-corrected chi connectivity index (χ3v) is 0.943. The summed E-state index contributed by atoms with van der Waals surface area (Å²) in [6.45, 7) is 0.0743. The van der Waals surface area contributed by atoms with Crippen LogP contribution in [0.25, 0.3) is 0 Å². The number of hydrogen-bond donors (Lipinski definition) is 3. The van der Waals surface area contributed by atoms with Crippen LogP contribution >= 0.6 is 0 Å². The highest BCUT2D eigenvalue weighted by molar-refractivity contribution is 5.55. The molecule has 0 saturated carbocycles. The first kappa shape index (κ1) is 8.55. The normalized spacial score (nSPS) is 16.8. The summed E-state index contributed by atoms with van der Waals surface area (Å²) in [5, 5.41) is 17.3. The van der Waals surface area contributed by atoms with E-state index in [0.29, 0.717) is 6.29 Å². The first-order valence-electron chi connectivity index (χ1n) is 2.72. The molecule has 0 radical (unpaired) electrons. The molecular weight excluding hydrogens is 122 g/mol. The molecule has 0 aliphatic heterocycles. The fraction of sp³-hybridized carbons (Fsp3) is 0.800. The summed E-state index contributed by atoms with van der Waals surface area (Å²) in [6.07, 6.45) is -1.45. The van der Waals surface area contributed by atoms with Crippen LogP contribution in [-0.2, 0) is 4.79 Å². The average Bonchev–Trinajstić information content (AvgIpc) is 1.87. The van der Waals surface area contributed by atoms with Gasteiger partial charge in [0.2, 0.25) is 0 Å². The van der Waals surface area contributed by atoms with E-state index in [1.807, 2.05) is 0 Å². The molecule has 0 bridgehead atoms. The maximum absolute atomic E-state index is 9.75. The number of aliphatic hydroxyl groups is 2. The van der Waals surface area contributed by atoms with Gasteiger partial charge in [-0.25, -0.2) is 0 Å². The molecule has 0 amide bonds. The standard InChI is InChI=1S/C5H11NO3/c6-2-4(8)1-5(9)3-7/h3-5,8-9H,1-2,6H2/t4-,5+/m0/s1. The highest BCUT2D eigenvalue weighted by Crippen LogP contribution is 1.92. The van der Waals surface area contributed by atoms with Gasteiger partial charge >= 0.3 is 0 Å². The second-order valence-corrected chi connectivity index (χ2v) is 1.83. The fourth-order valence-corrected chi connectivity index (χ4v) is 0.431. The van der Waals surface area contributed by atoms with E-state index in [-0.39, 0.29) is 13.0 Å². The second kappa shape index (κ2) is 4.43. The van der Waals surface area contributed by atoms with Gasteiger partial charge in [0.25, 0.3) is 0 Å². The lowest BCUT2D eigenvalue weighted by Gasteiger charge is -2.07. The lowest BCUT2D eigenvalue weighted by atomic mass is 10.2. The molecule has 4 nitrogen and oxygen atoms in total. The maximum Gasteiger partial charge on any atom is 0.148 e. The lowest BCUT2D eigenvalue weighted by Crippen LogP contribution is -2.25. The van der Waals surface area contributed by atoms with Crippen LogP contribution in [0, 0.1) is 0 Å². The van der Waals surface area contributed by atoms with Crippen LogP contribution < -0.4 is 5.73 Å². The maximum atomic E-state index is 9.75. The predicted molar refractivity (Wildman–Crippen MR) is 31.7 cm³/mol. The molecule has 4 N–H and O–H groups in total. The number of rotatable bonds is 4. The molecule has 0 aliphatic rings. The van der Waals surface area contributed by atoms with Crippen molar-refractivity contribution in [1.29, 1.82) is 0 Å². The summed E-state index contributed by atoms with van der Waals surface area (Å²) in [5.74, 6) is 0. The van der Waals surface area contributed by atoms with Gasteiger partial charge in [-0.2, -0.15) is 0 Å². The minimum Gasteiger partial charge on any atom is -0.392 e. The zero-order valence-corrected chi connectivity index (χ0v) is 5.03. The average molecular weight is 133 g/mol. The summed E-state index contributed by atoms with van der Waals surface area (Å²) in [6, 6.07) is 0. The number of aliphatic hydroxyl groups excluding tert-OH is 2. The Morgan fingerprint density at radius 3 is 2.44 bits per heavy atom. The molecular formula is C5H11NO3. The van der Waals surface area contributed by atoms with E-state index in [1.54, 1.807) is 0 Å². The van der Waals surface area contributed by atoms with E-state index < -0.39 is 12.2 Å². The van der Waals surface area contributed by atoms with Gasteiger partial charge in [-0.05, 0) is 0 Å². The molecule has 0 saturated heterocycles. The Hall–Kier alpha value is -0.450. The molecule has 0 heterocycles. The molecule has 0 fully saturated rings. The minimum absolute atomic E-state index is 0.0278. The van der Waals surface area contributed by atoms with Gasteiger partial charge in [0.05, 0.1) is 6.10 Å². The molecule has 0 aromatic rings. The zero-order valence-electron chi connectivity index (χ0n) is 5.03. The van der Waals surface area contributed by atoms with Crippen molar-refractivity contribution in [1.82, 2.24) is 0 Å². The molecule has 0 spiro atoms. The van der Waals surface area contributed by atoms with Gasteiger partial charge in [-0.3, -0.25) is 0 Å². The van der Waals surface area contributed by atoms with Crippen molar-refractivity contribution in [3.63, 3.8) is 0 Å². The van der Waals surface area contributed by atoms with Gasteiger partial charge in [0, 0.05) is 13.0 Å². The quantitative estimate of drug-likeness (QED) is 0.397. The van der Waals surface area contributed by atoms with Crippen LogP contribution in [-0.4, -0.2) is 35.3 Å². The summed E-state index contributed by atoms with van der Waals surface area (Å²) < 4.78 is 0. The molecule has 0 unspecified atom stereocenters. The molecule has 0 aliphatic carbocycles. The Labute approximate surface area is 53.3 Å². The number of aldehydes is 1. The Bertz CT molecular complexity index is 86.3. The van der Waals surface area contributed by atoms with Crippen LogP contribution in [0.15, 0.2) is 0 Å². The smallest absolute Gasteiger partial charge is 0.148 e. The van der Waals surface area contributed by atoms with Crippen molar-refractivity contribution in [2.45, 2.75) is 18.6 Å². The largest absolute Gasteiger partial charge is 0.392 e. The second-order valence-electron chi connectivity index (χ2n) is 1.83. The van der Waals surface area contributed by atoms with E-state index in [0.717, 1.165) is 0 Å².